The smallest absolute Gasteiger partial charge is 0.304 e. The van der Waals surface area contributed by atoms with Gasteiger partial charge < -0.3 is 10.3 Å². The highest BCUT2D eigenvalue weighted by molar-refractivity contribution is 6.45. The summed E-state index contributed by atoms with van der Waals surface area (Å²) in [5, 5.41) is 11.3. The summed E-state index contributed by atoms with van der Waals surface area (Å²) in [5.41, 5.74) is 1.32. The number of carbonyl (C=O) groups is 1. The van der Waals surface area contributed by atoms with Gasteiger partial charge in [0.1, 0.15) is 0 Å². The van der Waals surface area contributed by atoms with Crippen LogP contribution in [0.3, 0.4) is 0 Å². The van der Waals surface area contributed by atoms with Crippen molar-refractivity contribution >= 4 is 18.9 Å². The van der Waals surface area contributed by atoms with Crippen molar-refractivity contribution in [3.8, 4) is 0 Å². The lowest BCUT2D eigenvalue weighted by atomic mass is 9.87. The van der Waals surface area contributed by atoms with Gasteiger partial charge in [0.15, 0.2) is 0 Å². The van der Waals surface area contributed by atoms with Gasteiger partial charge in [-0.25, -0.2) is 0 Å². The fourth-order valence-electron chi connectivity index (χ4n) is 0.955. The third kappa shape index (κ3) is 1.86. The molecule has 0 fully saturated rings. The topological polar surface area (TPSA) is 49.3 Å². The van der Waals surface area contributed by atoms with E-state index < -0.39 is 0 Å². The Hall–Kier alpha value is -1.29. The second kappa shape index (κ2) is 3.92. The highest BCUT2D eigenvalue weighted by atomic mass is 16.2. The Morgan fingerprint density at radius 1 is 1.58 bits per heavy atom. The largest absolute Gasteiger partial charge is 0.449 e. The van der Waals surface area contributed by atoms with Crippen molar-refractivity contribution in [2.24, 2.45) is 0 Å². The maximum atomic E-state index is 11.1. The Kier molecular flexibility index (Phi) is 2.88. The SMILES string of the molecule is CNC(=O)c1cccc(BO)c1. The van der Waals surface area contributed by atoms with E-state index in [0.29, 0.717) is 5.56 Å². The van der Waals surface area contributed by atoms with Crippen LogP contribution in [0.1, 0.15) is 10.4 Å². The predicted octanol–water partition coefficient (Wildman–Crippen LogP) is -0.985. The molecule has 0 aliphatic carbocycles. The molecule has 0 saturated carbocycles. The Morgan fingerprint density at radius 3 is 2.92 bits per heavy atom. The molecule has 4 heteroatoms. The molecule has 0 unspecified atom stereocenters. The summed E-state index contributed by atoms with van der Waals surface area (Å²) in [6.07, 6.45) is 0. The zero-order valence-corrected chi connectivity index (χ0v) is 6.87. The minimum absolute atomic E-state index is 0.0369. The average Bonchev–Trinajstić information content (AvgIpc) is 2.17. The molecule has 3 nitrogen and oxygen atoms in total. The number of rotatable bonds is 2. The molecule has 0 spiro atoms. The Bertz CT molecular complexity index is 288. The quantitative estimate of drug-likeness (QED) is 0.550. The fraction of sp³-hybridized carbons (Fsp3) is 0.125. The van der Waals surface area contributed by atoms with Crippen LogP contribution in [-0.4, -0.2) is 25.5 Å². The van der Waals surface area contributed by atoms with E-state index in [2.05, 4.69) is 5.32 Å². The second-order valence-electron chi connectivity index (χ2n) is 2.44. The van der Waals surface area contributed by atoms with Crippen molar-refractivity contribution in [3.63, 3.8) is 0 Å². The first kappa shape index (κ1) is 8.81. The predicted molar refractivity (Wildman–Crippen MR) is 48.8 cm³/mol. The van der Waals surface area contributed by atoms with Crippen LogP contribution in [0.15, 0.2) is 24.3 Å². The summed E-state index contributed by atoms with van der Waals surface area (Å²) in [4.78, 5) is 11.1. The Morgan fingerprint density at radius 2 is 2.33 bits per heavy atom. The van der Waals surface area contributed by atoms with Gasteiger partial charge in [0.05, 0.1) is 0 Å². The van der Waals surface area contributed by atoms with Crippen LogP contribution < -0.4 is 10.8 Å². The summed E-state index contributed by atoms with van der Waals surface area (Å²) < 4.78 is 0. The maximum Gasteiger partial charge on any atom is 0.304 e. The van der Waals surface area contributed by atoms with Gasteiger partial charge in [-0.05, 0) is 6.07 Å². The van der Waals surface area contributed by atoms with E-state index >= 15 is 0 Å². The van der Waals surface area contributed by atoms with Crippen LogP contribution in [0.5, 0.6) is 0 Å². The zero-order chi connectivity index (χ0) is 8.97. The van der Waals surface area contributed by atoms with E-state index in [9.17, 15) is 4.79 Å². The molecular formula is C8H10BNO2. The summed E-state index contributed by atoms with van der Waals surface area (Å²) in [6.45, 7) is 0. The maximum absolute atomic E-state index is 11.1. The van der Waals surface area contributed by atoms with Gasteiger partial charge in [0.25, 0.3) is 5.91 Å². The number of hydrogen-bond acceptors (Lipinski definition) is 2. The Balaban J connectivity index is 2.93. The standard InChI is InChI=1S/C8H10BNO2/c1-10-8(11)6-3-2-4-7(5-6)9-12/h2-5,9,12H,1H3,(H,10,11). The van der Waals surface area contributed by atoms with Crippen molar-refractivity contribution in [2.75, 3.05) is 7.05 Å². The molecule has 1 aromatic rings. The molecule has 12 heavy (non-hydrogen) atoms. The molecule has 1 aromatic carbocycles. The van der Waals surface area contributed by atoms with Gasteiger partial charge in [0, 0.05) is 12.6 Å². The third-order valence-electron chi connectivity index (χ3n) is 1.60. The highest BCUT2D eigenvalue weighted by Gasteiger charge is 2.02. The molecule has 0 aromatic heterocycles. The minimum Gasteiger partial charge on any atom is -0.449 e. The summed E-state index contributed by atoms with van der Waals surface area (Å²) in [6, 6.07) is 6.89. The van der Waals surface area contributed by atoms with E-state index in [1.807, 2.05) is 0 Å². The van der Waals surface area contributed by atoms with Crippen molar-refractivity contribution in [1.29, 1.82) is 0 Å². The van der Waals surface area contributed by atoms with Gasteiger partial charge in [0.2, 0.25) is 0 Å². The number of benzene rings is 1. The zero-order valence-electron chi connectivity index (χ0n) is 6.87. The van der Waals surface area contributed by atoms with E-state index in [1.54, 1.807) is 31.3 Å². The fourth-order valence-corrected chi connectivity index (χ4v) is 0.955. The molecule has 0 saturated heterocycles. The van der Waals surface area contributed by atoms with Crippen LogP contribution in [0.4, 0.5) is 0 Å². The number of nitrogens with one attached hydrogen (secondary N) is 1. The first-order valence-corrected chi connectivity index (χ1v) is 3.70. The normalized spacial score (nSPS) is 9.17. The van der Waals surface area contributed by atoms with Gasteiger partial charge >= 0.3 is 7.48 Å². The highest BCUT2D eigenvalue weighted by Crippen LogP contribution is 1.94. The van der Waals surface area contributed by atoms with E-state index in [0.717, 1.165) is 5.46 Å². The Labute approximate surface area is 71.7 Å². The molecule has 2 N–H and O–H groups in total. The monoisotopic (exact) mass is 163 g/mol. The summed E-state index contributed by atoms with van der Waals surface area (Å²) in [5.74, 6) is -0.134. The molecule has 0 bridgehead atoms. The first-order valence-electron chi connectivity index (χ1n) is 3.70. The van der Waals surface area contributed by atoms with Crippen molar-refractivity contribution in [2.45, 2.75) is 0 Å². The van der Waals surface area contributed by atoms with Crippen molar-refractivity contribution in [1.82, 2.24) is 5.32 Å². The van der Waals surface area contributed by atoms with Gasteiger partial charge in [-0.15, -0.1) is 0 Å². The van der Waals surface area contributed by atoms with Crippen molar-refractivity contribution in [3.05, 3.63) is 29.8 Å². The van der Waals surface area contributed by atoms with Crippen LogP contribution >= 0.6 is 0 Å². The molecule has 0 radical (unpaired) electrons. The molecule has 0 atom stereocenters. The van der Waals surface area contributed by atoms with Crippen molar-refractivity contribution < 1.29 is 9.82 Å². The first-order chi connectivity index (χ1) is 5.77. The summed E-state index contributed by atoms with van der Waals surface area (Å²) >= 11 is 0. The molecule has 62 valence electrons. The van der Waals surface area contributed by atoms with Gasteiger partial charge in [-0.1, -0.05) is 23.7 Å². The molecule has 1 amide bonds. The van der Waals surface area contributed by atoms with Crippen LogP contribution in [0, 0.1) is 0 Å². The second-order valence-corrected chi connectivity index (χ2v) is 2.44. The average molecular weight is 163 g/mol. The van der Waals surface area contributed by atoms with E-state index in [1.165, 1.54) is 0 Å². The van der Waals surface area contributed by atoms with E-state index in [-0.39, 0.29) is 13.4 Å². The van der Waals surface area contributed by atoms with Crippen LogP contribution in [0.25, 0.3) is 0 Å². The minimum atomic E-state index is -0.134. The van der Waals surface area contributed by atoms with Gasteiger partial charge in [-0.2, -0.15) is 0 Å². The third-order valence-corrected chi connectivity index (χ3v) is 1.60. The summed E-state index contributed by atoms with van der Waals surface area (Å²) in [7, 11) is 1.54. The molecule has 1 rings (SSSR count). The van der Waals surface area contributed by atoms with Crippen LogP contribution in [-0.2, 0) is 0 Å². The molecule has 0 aliphatic heterocycles. The molecular weight excluding hydrogens is 153 g/mol. The molecule has 0 heterocycles. The lowest BCUT2D eigenvalue weighted by molar-refractivity contribution is 0.0963. The lowest BCUT2D eigenvalue weighted by Crippen LogP contribution is -2.21. The number of amides is 1. The number of hydrogen-bond donors (Lipinski definition) is 2. The lowest BCUT2D eigenvalue weighted by Gasteiger charge is -2.00. The number of carbonyl (C=O) groups excluding carboxylic acids is 1. The van der Waals surface area contributed by atoms with E-state index in [4.69, 9.17) is 5.02 Å². The van der Waals surface area contributed by atoms with Crippen LogP contribution in [0.2, 0.25) is 0 Å². The molecule has 0 aliphatic rings. The van der Waals surface area contributed by atoms with Gasteiger partial charge in [-0.3, -0.25) is 4.79 Å².